The van der Waals surface area contributed by atoms with Gasteiger partial charge in [-0.1, -0.05) is 6.07 Å². The molecule has 1 aromatic heterocycles. The van der Waals surface area contributed by atoms with Gasteiger partial charge in [-0.05, 0) is 54.3 Å². The van der Waals surface area contributed by atoms with Crippen molar-refractivity contribution in [3.8, 4) is 5.88 Å². The van der Waals surface area contributed by atoms with E-state index in [9.17, 15) is 0 Å². The largest absolute Gasteiger partial charge is 0.476 e. The first kappa shape index (κ1) is 16.9. The molecule has 0 saturated carbocycles. The molecule has 1 heterocycles. The lowest BCUT2D eigenvalue weighted by atomic mass is 10.1. The molecular formula is C16H29N3O. The third-order valence-corrected chi connectivity index (χ3v) is 3.40. The first-order valence-corrected chi connectivity index (χ1v) is 7.10. The number of rotatable bonds is 6. The van der Waals surface area contributed by atoms with Crippen molar-refractivity contribution in [2.24, 2.45) is 0 Å². The summed E-state index contributed by atoms with van der Waals surface area (Å²) in [5, 5.41) is 3.44. The monoisotopic (exact) mass is 279 g/mol. The third kappa shape index (κ3) is 5.88. The number of likely N-dealkylation sites (N-methyl/N-ethyl adjacent to an activating group) is 1. The molecule has 0 radical (unpaired) electrons. The normalized spacial score (nSPS) is 12.8. The molecule has 1 N–H and O–H groups in total. The summed E-state index contributed by atoms with van der Waals surface area (Å²) in [6.45, 7) is 12.2. The molecule has 20 heavy (non-hydrogen) atoms. The molecule has 0 aliphatic rings. The number of nitrogens with one attached hydrogen (secondary N) is 1. The zero-order chi connectivity index (χ0) is 15.4. The van der Waals surface area contributed by atoms with Crippen LogP contribution in [0.25, 0.3) is 0 Å². The van der Waals surface area contributed by atoms with Crippen molar-refractivity contribution < 1.29 is 4.74 Å². The quantitative estimate of drug-likeness (QED) is 0.869. The molecule has 0 amide bonds. The van der Waals surface area contributed by atoms with Gasteiger partial charge in [-0.25, -0.2) is 4.98 Å². The molecule has 0 fully saturated rings. The minimum atomic E-state index is -0.00581. The Labute approximate surface area is 123 Å². The lowest BCUT2D eigenvalue weighted by Crippen LogP contribution is -2.43. The SMILES string of the molecule is CN(C)C(C)(C)COc1ccc(CNC(C)(C)C)cn1. The second kappa shape index (κ2) is 6.55. The number of pyridine rings is 1. The van der Waals surface area contributed by atoms with Gasteiger partial charge in [-0.2, -0.15) is 0 Å². The van der Waals surface area contributed by atoms with Gasteiger partial charge in [-0.15, -0.1) is 0 Å². The van der Waals surface area contributed by atoms with E-state index in [1.54, 1.807) is 0 Å². The Hall–Kier alpha value is -1.13. The van der Waals surface area contributed by atoms with Gasteiger partial charge in [0.1, 0.15) is 6.61 Å². The zero-order valence-electron chi connectivity index (χ0n) is 13.9. The van der Waals surface area contributed by atoms with E-state index in [-0.39, 0.29) is 11.1 Å². The molecule has 4 nitrogen and oxygen atoms in total. The maximum absolute atomic E-state index is 5.76. The molecule has 0 bridgehead atoms. The third-order valence-electron chi connectivity index (χ3n) is 3.40. The predicted molar refractivity (Wildman–Crippen MR) is 84.1 cm³/mol. The van der Waals surface area contributed by atoms with Gasteiger partial charge >= 0.3 is 0 Å². The fraction of sp³-hybridized carbons (Fsp3) is 0.688. The highest BCUT2D eigenvalue weighted by atomic mass is 16.5. The topological polar surface area (TPSA) is 37.4 Å². The highest BCUT2D eigenvalue weighted by Crippen LogP contribution is 2.14. The molecule has 1 aromatic rings. The summed E-state index contributed by atoms with van der Waals surface area (Å²) >= 11 is 0. The predicted octanol–water partition coefficient (Wildman–Crippen LogP) is 2.69. The number of aromatic nitrogens is 1. The lowest BCUT2D eigenvalue weighted by Gasteiger charge is -2.31. The van der Waals surface area contributed by atoms with Crippen molar-refractivity contribution in [1.29, 1.82) is 0 Å². The van der Waals surface area contributed by atoms with Crippen LogP contribution in [0.5, 0.6) is 5.88 Å². The van der Waals surface area contributed by atoms with Crippen LogP contribution in [0.3, 0.4) is 0 Å². The number of nitrogens with zero attached hydrogens (tertiary/aromatic N) is 2. The van der Waals surface area contributed by atoms with Gasteiger partial charge < -0.3 is 15.0 Å². The molecule has 0 saturated heterocycles. The molecule has 0 unspecified atom stereocenters. The van der Waals surface area contributed by atoms with Crippen molar-refractivity contribution in [1.82, 2.24) is 15.2 Å². The molecule has 0 aromatic carbocycles. The van der Waals surface area contributed by atoms with Crippen molar-refractivity contribution in [3.63, 3.8) is 0 Å². The van der Waals surface area contributed by atoms with Crippen molar-refractivity contribution in [3.05, 3.63) is 23.9 Å². The molecule has 0 aliphatic heterocycles. The summed E-state index contributed by atoms with van der Waals surface area (Å²) in [5.74, 6) is 0.680. The van der Waals surface area contributed by atoms with Crippen molar-refractivity contribution in [2.75, 3.05) is 20.7 Å². The van der Waals surface area contributed by atoms with E-state index in [1.807, 2.05) is 12.3 Å². The van der Waals surface area contributed by atoms with E-state index < -0.39 is 0 Å². The summed E-state index contributed by atoms with van der Waals surface area (Å²) in [4.78, 5) is 6.51. The van der Waals surface area contributed by atoms with Gasteiger partial charge in [0, 0.05) is 29.9 Å². The van der Waals surface area contributed by atoms with Gasteiger partial charge in [0.05, 0.1) is 0 Å². The Balaban J connectivity index is 2.51. The van der Waals surface area contributed by atoms with Crippen molar-refractivity contribution >= 4 is 0 Å². The minimum Gasteiger partial charge on any atom is -0.476 e. The van der Waals surface area contributed by atoms with Crippen LogP contribution in [0.1, 0.15) is 40.2 Å². The van der Waals surface area contributed by atoms with E-state index in [1.165, 1.54) is 5.56 Å². The Kier molecular flexibility index (Phi) is 5.54. The van der Waals surface area contributed by atoms with Crippen molar-refractivity contribution in [2.45, 2.75) is 52.2 Å². The van der Waals surface area contributed by atoms with Crippen LogP contribution in [0.4, 0.5) is 0 Å². The van der Waals surface area contributed by atoms with Crippen LogP contribution in [0.15, 0.2) is 18.3 Å². The zero-order valence-corrected chi connectivity index (χ0v) is 13.9. The summed E-state index contributed by atoms with van der Waals surface area (Å²) in [5.41, 5.74) is 1.28. The minimum absolute atomic E-state index is 0.00581. The average molecular weight is 279 g/mol. The molecule has 1 rings (SSSR count). The Bertz CT molecular complexity index is 405. The van der Waals surface area contributed by atoms with Crippen LogP contribution in [-0.4, -0.2) is 41.7 Å². The van der Waals surface area contributed by atoms with Gasteiger partial charge in [0.25, 0.3) is 0 Å². The Morgan fingerprint density at radius 3 is 2.25 bits per heavy atom. The van der Waals surface area contributed by atoms with Gasteiger partial charge in [-0.3, -0.25) is 0 Å². The summed E-state index contributed by atoms with van der Waals surface area (Å²) in [6, 6.07) is 4.00. The van der Waals surface area contributed by atoms with Gasteiger partial charge in [0.15, 0.2) is 0 Å². The Morgan fingerprint density at radius 2 is 1.80 bits per heavy atom. The lowest BCUT2D eigenvalue weighted by molar-refractivity contribution is 0.111. The first-order valence-electron chi connectivity index (χ1n) is 7.10. The maximum atomic E-state index is 5.76. The van der Waals surface area contributed by atoms with E-state index >= 15 is 0 Å². The molecule has 4 heteroatoms. The standard InChI is InChI=1S/C16H29N3O/c1-15(2,3)18-11-13-8-9-14(17-10-13)20-12-16(4,5)19(6)7/h8-10,18H,11-12H2,1-7H3. The van der Waals surface area contributed by atoms with Crippen LogP contribution in [0, 0.1) is 0 Å². The fourth-order valence-corrected chi connectivity index (χ4v) is 1.35. The van der Waals surface area contributed by atoms with Crippen LogP contribution in [0.2, 0.25) is 0 Å². The van der Waals surface area contributed by atoms with Crippen LogP contribution in [-0.2, 0) is 6.54 Å². The number of hydrogen-bond donors (Lipinski definition) is 1. The highest BCUT2D eigenvalue weighted by molar-refractivity contribution is 5.18. The molecule has 114 valence electrons. The number of hydrogen-bond acceptors (Lipinski definition) is 4. The van der Waals surface area contributed by atoms with E-state index in [0.29, 0.717) is 12.5 Å². The molecule has 0 spiro atoms. The Morgan fingerprint density at radius 1 is 1.15 bits per heavy atom. The smallest absolute Gasteiger partial charge is 0.213 e. The first-order chi connectivity index (χ1) is 9.10. The van der Waals surface area contributed by atoms with E-state index in [0.717, 1.165) is 6.54 Å². The highest BCUT2D eigenvalue weighted by Gasteiger charge is 2.21. The summed E-state index contributed by atoms with van der Waals surface area (Å²) in [7, 11) is 4.11. The second-order valence-electron chi connectivity index (χ2n) is 7.10. The average Bonchev–Trinajstić information content (AvgIpc) is 2.34. The second-order valence-corrected chi connectivity index (χ2v) is 7.10. The van der Waals surface area contributed by atoms with E-state index in [4.69, 9.17) is 4.74 Å². The van der Waals surface area contributed by atoms with Crippen LogP contribution < -0.4 is 10.1 Å². The maximum Gasteiger partial charge on any atom is 0.213 e. The molecule has 0 atom stereocenters. The number of ether oxygens (including phenoxy) is 1. The molecule has 0 aliphatic carbocycles. The molecular weight excluding hydrogens is 250 g/mol. The van der Waals surface area contributed by atoms with Gasteiger partial charge in [0.2, 0.25) is 5.88 Å². The van der Waals surface area contributed by atoms with Crippen LogP contribution >= 0.6 is 0 Å². The summed E-state index contributed by atoms with van der Waals surface area (Å²) < 4.78 is 5.76. The fourth-order valence-electron chi connectivity index (χ4n) is 1.35. The summed E-state index contributed by atoms with van der Waals surface area (Å²) in [6.07, 6.45) is 1.87. The van der Waals surface area contributed by atoms with E-state index in [2.05, 4.69) is 70.0 Å².